The van der Waals surface area contributed by atoms with Crippen molar-refractivity contribution in [2.24, 2.45) is 0 Å². The van der Waals surface area contributed by atoms with E-state index in [9.17, 15) is 8.42 Å². The Morgan fingerprint density at radius 3 is 2.45 bits per heavy atom. The Morgan fingerprint density at radius 1 is 1.00 bits per heavy atom. The van der Waals surface area contributed by atoms with Gasteiger partial charge in [-0.25, -0.2) is 13.1 Å². The van der Waals surface area contributed by atoms with E-state index in [-0.39, 0.29) is 0 Å². The van der Waals surface area contributed by atoms with Gasteiger partial charge < -0.3 is 4.98 Å². The summed E-state index contributed by atoms with van der Waals surface area (Å²) in [5, 5.41) is 1.15. The molecule has 0 bridgehead atoms. The predicted octanol–water partition coefficient (Wildman–Crippen LogP) is 3.00. The zero-order valence-corrected chi connectivity index (χ0v) is 13.2. The van der Waals surface area contributed by atoms with Crippen molar-refractivity contribution in [1.82, 2.24) is 9.71 Å². The quantitative estimate of drug-likeness (QED) is 0.760. The second kappa shape index (κ2) is 5.94. The largest absolute Gasteiger partial charge is 0.358 e. The van der Waals surface area contributed by atoms with Gasteiger partial charge in [-0.15, -0.1) is 0 Å². The summed E-state index contributed by atoms with van der Waals surface area (Å²) in [4.78, 5) is 3.63. The lowest BCUT2D eigenvalue weighted by Gasteiger charge is -2.07. The van der Waals surface area contributed by atoms with Crippen LogP contribution in [-0.4, -0.2) is 19.9 Å². The van der Waals surface area contributed by atoms with Gasteiger partial charge in [-0.3, -0.25) is 0 Å². The maximum Gasteiger partial charge on any atom is 0.240 e. The van der Waals surface area contributed by atoms with Gasteiger partial charge in [0, 0.05) is 23.1 Å². The summed E-state index contributed by atoms with van der Waals surface area (Å²) < 4.78 is 27.0. The van der Waals surface area contributed by atoms with Gasteiger partial charge in [-0.05, 0) is 37.1 Å². The van der Waals surface area contributed by atoms with Crippen LogP contribution in [0.25, 0.3) is 10.9 Å². The van der Waals surface area contributed by atoms with Crippen molar-refractivity contribution in [3.63, 3.8) is 0 Å². The van der Waals surface area contributed by atoms with Gasteiger partial charge in [0.15, 0.2) is 0 Å². The fourth-order valence-electron chi connectivity index (χ4n) is 2.65. The molecule has 2 N–H and O–H groups in total. The molecular formula is C17H18N2O2S. The van der Waals surface area contributed by atoms with Crippen molar-refractivity contribution in [1.29, 1.82) is 0 Å². The Hall–Kier alpha value is -2.11. The van der Waals surface area contributed by atoms with Crippen molar-refractivity contribution >= 4 is 20.9 Å². The van der Waals surface area contributed by atoms with Gasteiger partial charge in [-0.1, -0.05) is 36.4 Å². The molecule has 0 amide bonds. The molecule has 0 aliphatic heterocycles. The van der Waals surface area contributed by atoms with E-state index >= 15 is 0 Å². The van der Waals surface area contributed by atoms with E-state index in [1.807, 2.05) is 25.1 Å². The number of para-hydroxylation sites is 1. The zero-order valence-electron chi connectivity index (χ0n) is 12.3. The van der Waals surface area contributed by atoms with Crippen LogP contribution in [0.3, 0.4) is 0 Å². The van der Waals surface area contributed by atoms with E-state index in [2.05, 4.69) is 15.8 Å². The van der Waals surface area contributed by atoms with E-state index < -0.39 is 10.0 Å². The van der Waals surface area contributed by atoms with Crippen LogP contribution in [0, 0.1) is 6.92 Å². The van der Waals surface area contributed by atoms with Gasteiger partial charge >= 0.3 is 0 Å². The third kappa shape index (κ3) is 2.91. The van der Waals surface area contributed by atoms with Gasteiger partial charge in [0.1, 0.15) is 0 Å². The summed E-state index contributed by atoms with van der Waals surface area (Å²) >= 11 is 0. The highest BCUT2D eigenvalue weighted by Gasteiger charge is 2.14. The Morgan fingerprint density at radius 2 is 1.68 bits per heavy atom. The summed E-state index contributed by atoms with van der Waals surface area (Å²) in [6.45, 7) is 2.39. The molecule has 0 aliphatic carbocycles. The smallest absolute Gasteiger partial charge is 0.240 e. The maximum atomic E-state index is 12.2. The Balaban J connectivity index is 1.74. The number of hydrogen-bond donors (Lipinski definition) is 2. The van der Waals surface area contributed by atoms with Crippen molar-refractivity contribution < 1.29 is 8.42 Å². The van der Waals surface area contributed by atoms with Gasteiger partial charge in [0.2, 0.25) is 10.0 Å². The van der Waals surface area contributed by atoms with Gasteiger partial charge in [0.05, 0.1) is 4.90 Å². The summed E-state index contributed by atoms with van der Waals surface area (Å²) in [5.74, 6) is 0. The molecule has 1 aromatic heterocycles. The predicted molar refractivity (Wildman–Crippen MR) is 88.4 cm³/mol. The molecule has 0 unspecified atom stereocenters. The molecule has 4 nitrogen and oxygen atoms in total. The lowest BCUT2D eigenvalue weighted by Crippen LogP contribution is -2.26. The first-order valence-corrected chi connectivity index (χ1v) is 8.67. The van der Waals surface area contributed by atoms with Crippen molar-refractivity contribution in [2.75, 3.05) is 6.54 Å². The highest BCUT2D eigenvalue weighted by molar-refractivity contribution is 7.89. The molecule has 0 fully saturated rings. The summed E-state index contributed by atoms with van der Waals surface area (Å²) in [6.07, 6.45) is 0.655. The molecule has 3 rings (SSSR count). The molecule has 5 heteroatoms. The molecule has 0 aliphatic rings. The van der Waals surface area contributed by atoms with Crippen LogP contribution in [0.1, 0.15) is 11.3 Å². The number of aromatic amines is 1. The highest BCUT2D eigenvalue weighted by Crippen LogP contribution is 2.22. The Bertz CT molecular complexity index is 883. The van der Waals surface area contributed by atoms with Crippen LogP contribution in [0.2, 0.25) is 0 Å². The first-order valence-electron chi connectivity index (χ1n) is 7.19. The number of benzene rings is 2. The molecule has 0 atom stereocenters. The second-order valence-corrected chi connectivity index (χ2v) is 7.00. The van der Waals surface area contributed by atoms with Gasteiger partial charge in [0.25, 0.3) is 0 Å². The minimum absolute atomic E-state index is 0.297. The number of aromatic nitrogens is 1. The lowest BCUT2D eigenvalue weighted by molar-refractivity contribution is 0.581. The number of sulfonamides is 1. The number of rotatable bonds is 5. The minimum atomic E-state index is -3.44. The number of nitrogens with one attached hydrogen (secondary N) is 2. The van der Waals surface area contributed by atoms with E-state index in [4.69, 9.17) is 0 Å². The fourth-order valence-corrected chi connectivity index (χ4v) is 3.70. The molecule has 1 heterocycles. The summed E-state index contributed by atoms with van der Waals surface area (Å²) in [6, 6.07) is 16.5. The first-order chi connectivity index (χ1) is 10.6. The number of hydrogen-bond acceptors (Lipinski definition) is 2. The summed E-state index contributed by atoms with van der Waals surface area (Å²) in [5.41, 5.74) is 3.33. The topological polar surface area (TPSA) is 62.0 Å². The number of fused-ring (bicyclic) bond motifs is 1. The van der Waals surface area contributed by atoms with E-state index in [0.29, 0.717) is 17.9 Å². The van der Waals surface area contributed by atoms with Gasteiger partial charge in [-0.2, -0.15) is 0 Å². The van der Waals surface area contributed by atoms with Crippen LogP contribution in [0.15, 0.2) is 59.5 Å². The first kappa shape index (κ1) is 14.8. The molecule has 0 saturated heterocycles. The lowest BCUT2D eigenvalue weighted by atomic mass is 10.1. The third-order valence-corrected chi connectivity index (χ3v) is 5.22. The number of aryl methyl sites for hydroxylation is 1. The molecule has 0 radical (unpaired) electrons. The molecule has 114 valence electrons. The molecule has 2 aromatic carbocycles. The highest BCUT2D eigenvalue weighted by atomic mass is 32.2. The number of H-pyrrole nitrogens is 1. The van der Waals surface area contributed by atoms with Crippen molar-refractivity contribution in [3.05, 3.63) is 65.9 Å². The molecule has 22 heavy (non-hydrogen) atoms. The van der Waals surface area contributed by atoms with Crippen LogP contribution in [0.4, 0.5) is 0 Å². The fraction of sp³-hybridized carbons (Fsp3) is 0.176. The molecule has 3 aromatic rings. The SMILES string of the molecule is Cc1[nH]c2ccccc2c1CCNS(=O)(=O)c1ccccc1. The van der Waals surface area contributed by atoms with E-state index in [1.54, 1.807) is 30.3 Å². The van der Waals surface area contributed by atoms with Crippen LogP contribution < -0.4 is 4.72 Å². The third-order valence-electron chi connectivity index (χ3n) is 3.75. The standard InChI is InChI=1S/C17H18N2O2S/c1-13-15(16-9-5-6-10-17(16)19-13)11-12-18-22(20,21)14-7-3-2-4-8-14/h2-10,18-19H,11-12H2,1H3. The average Bonchev–Trinajstić information content (AvgIpc) is 2.84. The van der Waals surface area contributed by atoms with Crippen molar-refractivity contribution in [2.45, 2.75) is 18.2 Å². The average molecular weight is 314 g/mol. The van der Waals surface area contributed by atoms with E-state index in [1.165, 1.54) is 0 Å². The van der Waals surface area contributed by atoms with E-state index in [0.717, 1.165) is 22.2 Å². The van der Waals surface area contributed by atoms with Crippen LogP contribution in [-0.2, 0) is 16.4 Å². The maximum absolute atomic E-state index is 12.2. The molecule has 0 saturated carbocycles. The minimum Gasteiger partial charge on any atom is -0.358 e. The van der Waals surface area contributed by atoms with Crippen LogP contribution in [0.5, 0.6) is 0 Å². The molecular weight excluding hydrogens is 296 g/mol. The van der Waals surface area contributed by atoms with Crippen molar-refractivity contribution in [3.8, 4) is 0 Å². The zero-order chi connectivity index (χ0) is 15.6. The Labute approximate surface area is 130 Å². The second-order valence-electron chi connectivity index (χ2n) is 5.23. The molecule has 0 spiro atoms. The normalized spacial score (nSPS) is 11.9. The Kier molecular flexibility index (Phi) is 4.00. The monoisotopic (exact) mass is 314 g/mol. The summed E-state index contributed by atoms with van der Waals surface area (Å²) in [7, 11) is -3.44. The van der Waals surface area contributed by atoms with Crippen LogP contribution >= 0.6 is 0 Å².